The summed E-state index contributed by atoms with van der Waals surface area (Å²) in [5.41, 5.74) is 5.05. The number of benzene rings is 2. The normalized spacial score (nSPS) is 16.9. The first kappa shape index (κ1) is 28.4. The van der Waals surface area contributed by atoms with Gasteiger partial charge in [0.2, 0.25) is 5.95 Å². The number of piperazine rings is 1. The Labute approximate surface area is 255 Å². The average Bonchev–Trinajstić information content (AvgIpc) is 3.45. The minimum atomic E-state index is 0.466. The van der Waals surface area contributed by atoms with Gasteiger partial charge >= 0.3 is 0 Å². The third kappa shape index (κ3) is 6.38. The van der Waals surface area contributed by atoms with Crippen molar-refractivity contribution in [3.8, 4) is 16.9 Å². The zero-order chi connectivity index (χ0) is 29.1. The molecule has 0 unspecified atom stereocenters. The highest BCUT2D eigenvalue weighted by Crippen LogP contribution is 2.41. The van der Waals surface area contributed by atoms with Crippen molar-refractivity contribution in [3.05, 3.63) is 65.5 Å². The van der Waals surface area contributed by atoms with Gasteiger partial charge in [-0.25, -0.2) is 4.98 Å². The number of anilines is 5. The first-order valence-electron chi connectivity index (χ1n) is 14.5. The summed E-state index contributed by atoms with van der Waals surface area (Å²) in [6, 6.07) is 14.9. The van der Waals surface area contributed by atoms with Crippen LogP contribution in [0, 0.1) is 0 Å². The summed E-state index contributed by atoms with van der Waals surface area (Å²) in [6.07, 6.45) is 8.03. The van der Waals surface area contributed by atoms with Gasteiger partial charge in [0.05, 0.1) is 23.5 Å². The largest absolute Gasteiger partial charge is 0.494 e. The molecule has 220 valence electrons. The summed E-state index contributed by atoms with van der Waals surface area (Å²) in [4.78, 5) is 16.9. The van der Waals surface area contributed by atoms with Crippen molar-refractivity contribution in [2.45, 2.75) is 18.9 Å². The Morgan fingerprint density at radius 2 is 1.69 bits per heavy atom. The molecule has 0 saturated carbocycles. The van der Waals surface area contributed by atoms with E-state index in [-0.39, 0.29) is 0 Å². The molecular weight excluding hydrogens is 594 g/mol. The zero-order valence-electron chi connectivity index (χ0n) is 24.4. The molecule has 2 aliphatic rings. The number of aryl methyl sites for hydroxylation is 1. The fourth-order valence-electron chi connectivity index (χ4n) is 5.84. The average molecular weight is 633 g/mol. The molecule has 2 N–H and O–H groups in total. The Morgan fingerprint density at radius 1 is 0.929 bits per heavy atom. The SMILES string of the molecule is COc1cc(N2CCC(N3CCN(C)CC3)CC2)c(-c2cnn(C)c2)cc1Nc1ncc(Br)c(Nc2ccccc2)n1. The Bertz CT molecular complexity index is 1500. The first-order chi connectivity index (χ1) is 20.5. The summed E-state index contributed by atoms with van der Waals surface area (Å²) in [5.74, 6) is 1.88. The van der Waals surface area contributed by atoms with Gasteiger partial charge in [-0.05, 0) is 54.0 Å². The molecule has 42 heavy (non-hydrogen) atoms. The molecule has 2 saturated heterocycles. The molecule has 6 rings (SSSR count). The maximum absolute atomic E-state index is 5.92. The first-order valence-corrected chi connectivity index (χ1v) is 15.3. The van der Waals surface area contributed by atoms with Crippen molar-refractivity contribution in [1.29, 1.82) is 0 Å². The van der Waals surface area contributed by atoms with Gasteiger partial charge in [0.15, 0.2) is 0 Å². The number of hydrogen-bond donors (Lipinski definition) is 2. The van der Waals surface area contributed by atoms with Crippen LogP contribution in [0.25, 0.3) is 11.1 Å². The molecule has 0 aliphatic carbocycles. The minimum Gasteiger partial charge on any atom is -0.494 e. The van der Waals surface area contributed by atoms with E-state index in [1.807, 2.05) is 48.3 Å². The van der Waals surface area contributed by atoms with E-state index >= 15 is 0 Å². The van der Waals surface area contributed by atoms with Gasteiger partial charge in [-0.1, -0.05) is 18.2 Å². The molecule has 2 aromatic carbocycles. The second-order valence-electron chi connectivity index (χ2n) is 11.0. The van der Waals surface area contributed by atoms with Gasteiger partial charge in [0, 0.05) is 93.3 Å². The van der Waals surface area contributed by atoms with E-state index in [2.05, 4.69) is 76.7 Å². The molecule has 11 heteroatoms. The van der Waals surface area contributed by atoms with Gasteiger partial charge in [0.1, 0.15) is 11.6 Å². The van der Waals surface area contributed by atoms with Gasteiger partial charge < -0.3 is 25.2 Å². The summed E-state index contributed by atoms with van der Waals surface area (Å²) < 4.78 is 8.53. The Kier molecular flexibility index (Phi) is 8.59. The Balaban J connectivity index is 1.27. The number of ether oxygens (including phenoxy) is 1. The van der Waals surface area contributed by atoms with Crippen molar-refractivity contribution in [3.63, 3.8) is 0 Å². The fraction of sp³-hybridized carbons (Fsp3) is 0.387. The molecule has 4 aromatic rings. The molecule has 0 bridgehead atoms. The van der Waals surface area contributed by atoms with Crippen LogP contribution >= 0.6 is 15.9 Å². The highest BCUT2D eigenvalue weighted by Gasteiger charge is 2.28. The lowest BCUT2D eigenvalue weighted by Gasteiger charge is -2.43. The standard InChI is InChI=1S/C31H38BrN9O/c1-38-13-15-40(16-14-38)24-9-11-41(12-10-24)28-18-29(42-3)27(17-25(28)22-19-34-39(2)21-22)36-31-33-20-26(32)30(37-31)35-23-7-5-4-6-8-23/h4-8,17-21,24H,9-16H2,1-3H3,(H2,33,35,36,37). The highest BCUT2D eigenvalue weighted by atomic mass is 79.9. The number of methoxy groups -OCH3 is 1. The van der Waals surface area contributed by atoms with Crippen LogP contribution in [0.1, 0.15) is 12.8 Å². The van der Waals surface area contributed by atoms with E-state index in [0.717, 1.165) is 90.5 Å². The fourth-order valence-corrected chi connectivity index (χ4v) is 6.13. The van der Waals surface area contributed by atoms with Crippen LogP contribution in [0.5, 0.6) is 5.75 Å². The third-order valence-corrected chi connectivity index (χ3v) is 8.80. The van der Waals surface area contributed by atoms with E-state index in [0.29, 0.717) is 17.8 Å². The zero-order valence-corrected chi connectivity index (χ0v) is 26.0. The number of aromatic nitrogens is 4. The van der Waals surface area contributed by atoms with Gasteiger partial charge in [-0.2, -0.15) is 10.1 Å². The molecule has 2 aromatic heterocycles. The molecule has 2 aliphatic heterocycles. The number of nitrogens with one attached hydrogen (secondary N) is 2. The number of likely N-dealkylation sites (N-methyl/N-ethyl adjacent to an activating group) is 1. The second-order valence-corrected chi connectivity index (χ2v) is 11.9. The van der Waals surface area contributed by atoms with Crippen molar-refractivity contribution in [2.75, 3.05) is 69.0 Å². The molecule has 0 spiro atoms. The van der Waals surface area contributed by atoms with Crippen LogP contribution in [0.4, 0.5) is 28.8 Å². The summed E-state index contributed by atoms with van der Waals surface area (Å²) in [5, 5.41) is 11.2. The van der Waals surface area contributed by atoms with E-state index in [9.17, 15) is 0 Å². The summed E-state index contributed by atoms with van der Waals surface area (Å²) in [6.45, 7) is 6.65. The van der Waals surface area contributed by atoms with Crippen molar-refractivity contribution >= 4 is 44.8 Å². The quantitative estimate of drug-likeness (QED) is 0.267. The summed E-state index contributed by atoms with van der Waals surface area (Å²) in [7, 11) is 5.87. The summed E-state index contributed by atoms with van der Waals surface area (Å²) >= 11 is 3.57. The molecule has 10 nitrogen and oxygen atoms in total. The van der Waals surface area contributed by atoms with Gasteiger partial charge in [-0.3, -0.25) is 9.58 Å². The number of halogens is 1. The minimum absolute atomic E-state index is 0.466. The molecule has 2 fully saturated rings. The van der Waals surface area contributed by atoms with Crippen LogP contribution in [0.2, 0.25) is 0 Å². The molecule has 0 radical (unpaired) electrons. The predicted molar refractivity (Wildman–Crippen MR) is 172 cm³/mol. The van der Waals surface area contributed by atoms with Crippen LogP contribution in [-0.2, 0) is 7.05 Å². The number of nitrogens with zero attached hydrogens (tertiary/aromatic N) is 7. The predicted octanol–water partition coefficient (Wildman–Crippen LogP) is 5.35. The van der Waals surface area contributed by atoms with E-state index in [1.165, 1.54) is 0 Å². The van der Waals surface area contributed by atoms with Crippen LogP contribution < -0.4 is 20.3 Å². The Morgan fingerprint density at radius 3 is 2.38 bits per heavy atom. The van der Waals surface area contributed by atoms with E-state index in [4.69, 9.17) is 9.72 Å². The van der Waals surface area contributed by atoms with E-state index in [1.54, 1.807) is 13.3 Å². The Hall–Kier alpha value is -3.67. The lowest BCUT2D eigenvalue weighted by molar-refractivity contribution is 0.0982. The lowest BCUT2D eigenvalue weighted by atomic mass is 9.98. The van der Waals surface area contributed by atoms with Crippen LogP contribution in [-0.4, -0.2) is 89.0 Å². The van der Waals surface area contributed by atoms with Crippen LogP contribution in [0.3, 0.4) is 0 Å². The van der Waals surface area contributed by atoms with Gasteiger partial charge in [0.25, 0.3) is 0 Å². The number of hydrogen-bond acceptors (Lipinski definition) is 9. The molecular formula is C31H38BrN9O. The van der Waals surface area contributed by atoms with E-state index < -0.39 is 0 Å². The smallest absolute Gasteiger partial charge is 0.229 e. The van der Waals surface area contributed by atoms with Crippen molar-refractivity contribution in [1.82, 2.24) is 29.5 Å². The highest BCUT2D eigenvalue weighted by molar-refractivity contribution is 9.10. The second kappa shape index (κ2) is 12.7. The topological polar surface area (TPSA) is 86.6 Å². The maximum Gasteiger partial charge on any atom is 0.229 e. The molecule has 0 amide bonds. The van der Waals surface area contributed by atoms with Crippen LogP contribution in [0.15, 0.2) is 65.5 Å². The van der Waals surface area contributed by atoms with Crippen molar-refractivity contribution in [2.24, 2.45) is 7.05 Å². The number of para-hydroxylation sites is 1. The van der Waals surface area contributed by atoms with Crippen molar-refractivity contribution < 1.29 is 4.74 Å². The maximum atomic E-state index is 5.92. The molecule has 4 heterocycles. The molecule has 0 atom stereocenters. The van der Waals surface area contributed by atoms with Gasteiger partial charge in [-0.15, -0.1) is 0 Å². The third-order valence-electron chi connectivity index (χ3n) is 8.22. The number of piperidine rings is 1. The number of rotatable bonds is 8. The monoisotopic (exact) mass is 631 g/mol. The lowest BCUT2D eigenvalue weighted by Crippen LogP contribution is -2.52.